The molecule has 1 N–H and O–H groups in total. The summed E-state index contributed by atoms with van der Waals surface area (Å²) >= 11 is 0. The normalized spacial score (nSPS) is 12.9. The molecule has 2 amide bonds. The van der Waals surface area contributed by atoms with Crippen molar-refractivity contribution in [2.45, 2.75) is 38.3 Å². The number of amides is 2. The predicted molar refractivity (Wildman–Crippen MR) is 118 cm³/mol. The fraction of sp³-hybridized carbons (Fsp3) is 0.333. The number of aromatic nitrogens is 2. The molecule has 4 rings (SSSR count). The average molecular weight is 434 g/mol. The van der Waals surface area contributed by atoms with Crippen LogP contribution in [0.15, 0.2) is 53.1 Å². The van der Waals surface area contributed by atoms with Gasteiger partial charge in [-0.1, -0.05) is 17.3 Å². The molecule has 1 saturated carbocycles. The minimum absolute atomic E-state index is 0.0621. The lowest BCUT2D eigenvalue weighted by atomic mass is 10.1. The summed E-state index contributed by atoms with van der Waals surface area (Å²) in [4.78, 5) is 31.0. The number of rotatable bonds is 9. The second kappa shape index (κ2) is 9.64. The van der Waals surface area contributed by atoms with E-state index in [1.54, 1.807) is 26.3 Å². The van der Waals surface area contributed by atoms with E-state index in [1.807, 2.05) is 41.3 Å². The van der Waals surface area contributed by atoms with Gasteiger partial charge in [0.15, 0.2) is 0 Å². The van der Waals surface area contributed by atoms with Gasteiger partial charge in [-0.05, 0) is 54.8 Å². The maximum Gasteiger partial charge on any atom is 0.251 e. The Bertz CT molecular complexity index is 1070. The molecule has 0 atom stereocenters. The minimum Gasteiger partial charge on any atom is -0.497 e. The first kappa shape index (κ1) is 21.5. The second-order valence-corrected chi connectivity index (χ2v) is 7.77. The first-order valence-electron chi connectivity index (χ1n) is 10.6. The van der Waals surface area contributed by atoms with Crippen molar-refractivity contribution in [3.05, 3.63) is 65.5 Å². The molecular weight excluding hydrogens is 408 g/mol. The second-order valence-electron chi connectivity index (χ2n) is 7.77. The molecule has 0 saturated heterocycles. The molecule has 3 aromatic rings. The number of nitrogens with zero attached hydrogens (tertiary/aromatic N) is 3. The van der Waals surface area contributed by atoms with Crippen LogP contribution in [0, 0.1) is 0 Å². The van der Waals surface area contributed by atoms with Crippen molar-refractivity contribution in [3.63, 3.8) is 0 Å². The van der Waals surface area contributed by atoms with Gasteiger partial charge in [-0.3, -0.25) is 9.59 Å². The highest BCUT2D eigenvalue weighted by Crippen LogP contribution is 2.29. The highest BCUT2D eigenvalue weighted by Gasteiger charge is 2.32. The van der Waals surface area contributed by atoms with Crippen LogP contribution in [-0.2, 0) is 17.8 Å². The number of hydrogen-bond donors (Lipinski definition) is 1. The minimum atomic E-state index is -0.125. The molecule has 0 bridgehead atoms. The highest BCUT2D eigenvalue weighted by molar-refractivity contribution is 5.93. The van der Waals surface area contributed by atoms with Crippen molar-refractivity contribution in [2.75, 3.05) is 14.2 Å². The summed E-state index contributed by atoms with van der Waals surface area (Å²) in [5.41, 5.74) is 2.43. The van der Waals surface area contributed by atoms with Crippen molar-refractivity contribution in [3.8, 4) is 17.1 Å². The molecule has 0 aliphatic heterocycles. The van der Waals surface area contributed by atoms with Gasteiger partial charge >= 0.3 is 0 Å². The number of carbonyl (C=O) groups excluding carboxylic acids is 2. The van der Waals surface area contributed by atoms with E-state index in [4.69, 9.17) is 9.26 Å². The highest BCUT2D eigenvalue weighted by atomic mass is 16.5. The molecular formula is C24H26N4O4. The van der Waals surface area contributed by atoms with Crippen LogP contribution in [0.5, 0.6) is 5.75 Å². The number of benzene rings is 2. The zero-order valence-corrected chi connectivity index (χ0v) is 18.2. The van der Waals surface area contributed by atoms with E-state index < -0.39 is 0 Å². The molecule has 166 valence electrons. The molecule has 0 radical (unpaired) electrons. The summed E-state index contributed by atoms with van der Waals surface area (Å²) in [7, 11) is 3.22. The van der Waals surface area contributed by atoms with E-state index >= 15 is 0 Å². The fourth-order valence-corrected chi connectivity index (χ4v) is 3.48. The van der Waals surface area contributed by atoms with Crippen LogP contribution in [-0.4, -0.2) is 47.1 Å². The zero-order valence-electron chi connectivity index (χ0n) is 18.2. The maximum atomic E-state index is 12.9. The third kappa shape index (κ3) is 5.14. The van der Waals surface area contributed by atoms with Crippen molar-refractivity contribution in [1.29, 1.82) is 0 Å². The molecule has 32 heavy (non-hydrogen) atoms. The lowest BCUT2D eigenvalue weighted by molar-refractivity contribution is -0.132. The number of hydrogen-bond acceptors (Lipinski definition) is 6. The smallest absolute Gasteiger partial charge is 0.251 e. The Morgan fingerprint density at radius 3 is 2.47 bits per heavy atom. The van der Waals surface area contributed by atoms with Crippen LogP contribution in [0.2, 0.25) is 0 Å². The zero-order chi connectivity index (χ0) is 22.5. The largest absolute Gasteiger partial charge is 0.497 e. The SMILES string of the molecule is CNC(=O)c1ccc(CN(C(=O)CCc2nc(-c3ccc(OC)cc3)no2)C2CC2)cc1. The summed E-state index contributed by atoms with van der Waals surface area (Å²) in [6.07, 6.45) is 2.73. The van der Waals surface area contributed by atoms with Crippen molar-refractivity contribution >= 4 is 11.8 Å². The number of methoxy groups -OCH3 is 1. The third-order valence-electron chi connectivity index (χ3n) is 5.47. The van der Waals surface area contributed by atoms with E-state index in [9.17, 15) is 9.59 Å². The molecule has 1 heterocycles. The topological polar surface area (TPSA) is 97.6 Å². The standard InChI is InChI=1S/C24H26N4O4/c1-25-24(30)18-5-3-16(4-6-18)15-28(19-9-10-19)22(29)14-13-21-26-23(27-32-21)17-7-11-20(31-2)12-8-17/h3-8,11-12,19H,9-10,13-15H2,1-2H3,(H,25,30). The fourth-order valence-electron chi connectivity index (χ4n) is 3.48. The molecule has 2 aromatic carbocycles. The Balaban J connectivity index is 1.35. The maximum absolute atomic E-state index is 12.9. The van der Waals surface area contributed by atoms with E-state index in [2.05, 4.69) is 15.5 Å². The quantitative estimate of drug-likeness (QED) is 0.555. The van der Waals surface area contributed by atoms with Crippen molar-refractivity contribution < 1.29 is 18.8 Å². The van der Waals surface area contributed by atoms with E-state index in [0.29, 0.717) is 36.7 Å². The summed E-state index contributed by atoms with van der Waals surface area (Å²) < 4.78 is 10.5. The number of aryl methyl sites for hydroxylation is 1. The van der Waals surface area contributed by atoms with Gasteiger partial charge in [-0.2, -0.15) is 4.98 Å². The summed E-state index contributed by atoms with van der Waals surface area (Å²) in [6.45, 7) is 0.526. The number of carbonyl (C=O) groups is 2. The Morgan fingerprint density at radius 1 is 1.12 bits per heavy atom. The van der Waals surface area contributed by atoms with Gasteiger partial charge in [-0.15, -0.1) is 0 Å². The lowest BCUT2D eigenvalue weighted by Crippen LogP contribution is -2.32. The molecule has 8 heteroatoms. The Labute approximate surface area is 186 Å². The molecule has 0 spiro atoms. The molecule has 1 aliphatic rings. The molecule has 8 nitrogen and oxygen atoms in total. The predicted octanol–water partition coefficient (Wildman–Crippen LogP) is 3.23. The van der Waals surface area contributed by atoms with Crippen molar-refractivity contribution in [2.24, 2.45) is 0 Å². The summed E-state index contributed by atoms with van der Waals surface area (Å²) in [6, 6.07) is 15.0. The van der Waals surface area contributed by atoms with Gasteiger partial charge in [0.1, 0.15) is 5.75 Å². The van der Waals surface area contributed by atoms with Gasteiger partial charge in [0, 0.05) is 43.6 Å². The summed E-state index contributed by atoms with van der Waals surface area (Å²) in [5, 5.41) is 6.63. The number of nitrogens with one attached hydrogen (secondary N) is 1. The lowest BCUT2D eigenvalue weighted by Gasteiger charge is -2.22. The van der Waals surface area contributed by atoms with Gasteiger partial charge in [0.05, 0.1) is 7.11 Å². The van der Waals surface area contributed by atoms with Crippen LogP contribution in [0.1, 0.15) is 41.1 Å². The Hall–Kier alpha value is -3.68. The average Bonchev–Trinajstić information content (AvgIpc) is 3.57. The van der Waals surface area contributed by atoms with Crippen LogP contribution in [0.4, 0.5) is 0 Å². The van der Waals surface area contributed by atoms with Crippen molar-refractivity contribution in [1.82, 2.24) is 20.4 Å². The van der Waals surface area contributed by atoms with Crippen LogP contribution in [0.25, 0.3) is 11.4 Å². The van der Waals surface area contributed by atoms with Gasteiger partial charge in [0.25, 0.3) is 5.91 Å². The molecule has 1 aromatic heterocycles. The van der Waals surface area contributed by atoms with E-state index in [-0.39, 0.29) is 17.9 Å². The van der Waals surface area contributed by atoms with Crippen LogP contribution in [0.3, 0.4) is 0 Å². The molecule has 1 aliphatic carbocycles. The molecule has 1 fully saturated rings. The number of ether oxygens (including phenoxy) is 1. The van der Waals surface area contributed by atoms with E-state index in [0.717, 1.165) is 29.7 Å². The first-order chi connectivity index (χ1) is 15.6. The monoisotopic (exact) mass is 434 g/mol. The third-order valence-corrected chi connectivity index (χ3v) is 5.47. The Morgan fingerprint density at radius 2 is 1.84 bits per heavy atom. The van der Waals surface area contributed by atoms with Gasteiger partial charge < -0.3 is 19.5 Å². The van der Waals surface area contributed by atoms with Gasteiger partial charge in [0.2, 0.25) is 17.6 Å². The van der Waals surface area contributed by atoms with E-state index in [1.165, 1.54) is 0 Å². The van der Waals surface area contributed by atoms with Gasteiger partial charge in [-0.25, -0.2) is 0 Å². The summed E-state index contributed by atoms with van der Waals surface area (Å²) in [5.74, 6) is 1.62. The first-order valence-corrected chi connectivity index (χ1v) is 10.6. The molecule has 0 unspecified atom stereocenters. The van der Waals surface area contributed by atoms with Crippen LogP contribution < -0.4 is 10.1 Å². The van der Waals surface area contributed by atoms with Crippen LogP contribution >= 0.6 is 0 Å². The Kier molecular flexibility index (Phi) is 6.49.